The van der Waals surface area contributed by atoms with Crippen molar-refractivity contribution in [1.29, 1.82) is 0 Å². The van der Waals surface area contributed by atoms with Gasteiger partial charge < -0.3 is 15.2 Å². The first-order valence-electron chi connectivity index (χ1n) is 6.46. The molecule has 0 spiro atoms. The molecule has 0 aliphatic carbocycles. The van der Waals surface area contributed by atoms with Crippen LogP contribution in [0.4, 0.5) is 5.69 Å². The van der Waals surface area contributed by atoms with E-state index in [9.17, 15) is 14.9 Å². The van der Waals surface area contributed by atoms with Gasteiger partial charge in [-0.15, -0.1) is 0 Å². The standard InChI is InChI=1S/C13H18N2O5S/c16-6-2-7-21-8-5-14-13(17)10-20-12-4-1-3-11(9-12)15(18)19/h1,3-4,9,16H,2,5-8,10H2,(H,14,17). The summed E-state index contributed by atoms with van der Waals surface area (Å²) in [6.07, 6.45) is 0.745. The summed E-state index contributed by atoms with van der Waals surface area (Å²) in [6.45, 7) is 0.520. The van der Waals surface area contributed by atoms with E-state index >= 15 is 0 Å². The first-order valence-corrected chi connectivity index (χ1v) is 7.61. The number of rotatable bonds is 10. The van der Waals surface area contributed by atoms with Gasteiger partial charge in [0.15, 0.2) is 6.61 Å². The molecule has 7 nitrogen and oxygen atoms in total. The van der Waals surface area contributed by atoms with E-state index in [2.05, 4.69) is 5.32 Å². The van der Waals surface area contributed by atoms with Crippen LogP contribution in [-0.2, 0) is 4.79 Å². The van der Waals surface area contributed by atoms with Gasteiger partial charge in [0, 0.05) is 25.0 Å². The minimum absolute atomic E-state index is 0.0757. The van der Waals surface area contributed by atoms with Crippen LogP contribution in [-0.4, -0.2) is 47.2 Å². The van der Waals surface area contributed by atoms with Crippen molar-refractivity contribution >= 4 is 23.4 Å². The Morgan fingerprint density at radius 3 is 2.95 bits per heavy atom. The number of aliphatic hydroxyl groups is 1. The third-order valence-corrected chi connectivity index (χ3v) is 3.48. The number of ether oxygens (including phenoxy) is 1. The van der Waals surface area contributed by atoms with Crippen molar-refractivity contribution in [2.45, 2.75) is 6.42 Å². The van der Waals surface area contributed by atoms with Crippen LogP contribution in [0.2, 0.25) is 0 Å². The summed E-state index contributed by atoms with van der Waals surface area (Å²) in [4.78, 5) is 21.6. The Morgan fingerprint density at radius 1 is 1.43 bits per heavy atom. The van der Waals surface area contributed by atoms with Crippen molar-refractivity contribution < 1.29 is 19.6 Å². The van der Waals surface area contributed by atoms with Gasteiger partial charge in [0.25, 0.3) is 11.6 Å². The summed E-state index contributed by atoms with van der Waals surface area (Å²) in [7, 11) is 0. The number of nitro groups is 1. The number of amides is 1. The maximum atomic E-state index is 11.5. The van der Waals surface area contributed by atoms with E-state index in [1.165, 1.54) is 18.2 Å². The van der Waals surface area contributed by atoms with Gasteiger partial charge in [-0.3, -0.25) is 14.9 Å². The molecule has 0 bridgehead atoms. The summed E-state index contributed by atoms with van der Waals surface area (Å²) in [5, 5.41) is 21.9. The zero-order valence-electron chi connectivity index (χ0n) is 11.5. The highest BCUT2D eigenvalue weighted by molar-refractivity contribution is 7.99. The predicted octanol–water partition coefficient (Wildman–Crippen LogP) is 1.21. The lowest BCUT2D eigenvalue weighted by atomic mass is 10.3. The fraction of sp³-hybridized carbons (Fsp3) is 0.462. The van der Waals surface area contributed by atoms with Crippen LogP contribution in [0.25, 0.3) is 0 Å². The molecule has 8 heteroatoms. The van der Waals surface area contributed by atoms with Crippen LogP contribution >= 0.6 is 11.8 Å². The Labute approximate surface area is 126 Å². The number of carbonyl (C=O) groups excluding carboxylic acids is 1. The van der Waals surface area contributed by atoms with Gasteiger partial charge >= 0.3 is 0 Å². The second kappa shape index (κ2) is 10.0. The van der Waals surface area contributed by atoms with Gasteiger partial charge in [0.1, 0.15) is 5.75 Å². The maximum absolute atomic E-state index is 11.5. The number of aliphatic hydroxyl groups excluding tert-OH is 1. The number of nitrogens with zero attached hydrogens (tertiary/aromatic N) is 1. The van der Waals surface area contributed by atoms with Crippen LogP contribution in [0.1, 0.15) is 6.42 Å². The van der Waals surface area contributed by atoms with Crippen LogP contribution < -0.4 is 10.1 Å². The van der Waals surface area contributed by atoms with E-state index in [1.807, 2.05) is 0 Å². The molecule has 21 heavy (non-hydrogen) atoms. The van der Waals surface area contributed by atoms with E-state index in [4.69, 9.17) is 9.84 Å². The third-order valence-electron chi connectivity index (χ3n) is 2.41. The molecule has 0 aliphatic heterocycles. The fourth-order valence-electron chi connectivity index (χ4n) is 1.42. The molecular weight excluding hydrogens is 296 g/mol. The summed E-state index contributed by atoms with van der Waals surface area (Å²) >= 11 is 1.65. The van der Waals surface area contributed by atoms with Crippen LogP contribution in [0.15, 0.2) is 24.3 Å². The average Bonchev–Trinajstić information content (AvgIpc) is 2.49. The molecule has 0 saturated carbocycles. The molecule has 1 aromatic rings. The van der Waals surface area contributed by atoms with Crippen molar-refractivity contribution in [3.05, 3.63) is 34.4 Å². The number of carbonyl (C=O) groups is 1. The van der Waals surface area contributed by atoms with Crippen LogP contribution in [0.3, 0.4) is 0 Å². The van der Waals surface area contributed by atoms with Gasteiger partial charge in [0.05, 0.1) is 11.0 Å². The Bertz CT molecular complexity index is 470. The van der Waals surface area contributed by atoms with Gasteiger partial charge in [-0.1, -0.05) is 6.07 Å². The molecule has 1 rings (SSSR count). The lowest BCUT2D eigenvalue weighted by Crippen LogP contribution is -2.30. The Balaban J connectivity index is 2.21. The zero-order chi connectivity index (χ0) is 15.5. The summed E-state index contributed by atoms with van der Waals surface area (Å²) < 4.78 is 5.20. The predicted molar refractivity (Wildman–Crippen MR) is 80.6 cm³/mol. The summed E-state index contributed by atoms with van der Waals surface area (Å²) in [5.41, 5.74) is -0.0757. The first-order chi connectivity index (χ1) is 10.1. The highest BCUT2D eigenvalue weighted by atomic mass is 32.2. The molecule has 1 aromatic carbocycles. The van der Waals surface area contributed by atoms with E-state index in [0.717, 1.165) is 17.9 Å². The Morgan fingerprint density at radius 2 is 2.24 bits per heavy atom. The van der Waals surface area contributed by atoms with E-state index in [1.54, 1.807) is 17.8 Å². The summed E-state index contributed by atoms with van der Waals surface area (Å²) in [5.74, 6) is 1.64. The highest BCUT2D eigenvalue weighted by Crippen LogP contribution is 2.18. The lowest BCUT2D eigenvalue weighted by Gasteiger charge is -2.07. The van der Waals surface area contributed by atoms with Crippen LogP contribution in [0, 0.1) is 10.1 Å². The minimum Gasteiger partial charge on any atom is -0.484 e. The molecule has 0 aromatic heterocycles. The lowest BCUT2D eigenvalue weighted by molar-refractivity contribution is -0.384. The molecule has 0 heterocycles. The Kier molecular flexibility index (Phi) is 8.22. The third kappa shape index (κ3) is 7.52. The molecule has 1 amide bonds. The molecule has 116 valence electrons. The van der Waals surface area contributed by atoms with Crippen molar-refractivity contribution in [2.24, 2.45) is 0 Å². The molecule has 0 unspecified atom stereocenters. The first kappa shape index (κ1) is 17.3. The molecular formula is C13H18N2O5S. The normalized spacial score (nSPS) is 10.1. The van der Waals surface area contributed by atoms with E-state index < -0.39 is 4.92 Å². The minimum atomic E-state index is -0.517. The molecule has 0 atom stereocenters. The molecule has 0 saturated heterocycles. The van der Waals surface area contributed by atoms with Crippen molar-refractivity contribution in [3.63, 3.8) is 0 Å². The number of nitro benzene ring substituents is 1. The van der Waals surface area contributed by atoms with Gasteiger partial charge in [-0.2, -0.15) is 11.8 Å². The van der Waals surface area contributed by atoms with Gasteiger partial charge in [-0.05, 0) is 18.2 Å². The molecule has 0 fully saturated rings. The van der Waals surface area contributed by atoms with Gasteiger partial charge in [-0.25, -0.2) is 0 Å². The quantitative estimate of drug-likeness (QED) is 0.382. The van der Waals surface area contributed by atoms with E-state index in [0.29, 0.717) is 6.54 Å². The van der Waals surface area contributed by atoms with E-state index in [-0.39, 0.29) is 30.6 Å². The molecule has 0 aliphatic rings. The van der Waals surface area contributed by atoms with Gasteiger partial charge in [0.2, 0.25) is 0 Å². The number of thioether (sulfide) groups is 1. The summed E-state index contributed by atoms with van der Waals surface area (Å²) in [6, 6.07) is 5.70. The molecule has 0 radical (unpaired) electrons. The maximum Gasteiger partial charge on any atom is 0.273 e. The SMILES string of the molecule is O=C(COc1cccc([N+](=O)[O-])c1)NCCSCCCO. The monoisotopic (exact) mass is 314 g/mol. The smallest absolute Gasteiger partial charge is 0.273 e. The topological polar surface area (TPSA) is 102 Å². The second-order valence-electron chi connectivity index (χ2n) is 4.08. The zero-order valence-corrected chi connectivity index (χ0v) is 12.3. The Hall–Kier alpha value is -1.80. The number of hydrogen-bond acceptors (Lipinski definition) is 6. The second-order valence-corrected chi connectivity index (χ2v) is 5.31. The van der Waals surface area contributed by atoms with Crippen LogP contribution in [0.5, 0.6) is 5.75 Å². The van der Waals surface area contributed by atoms with Crippen molar-refractivity contribution in [2.75, 3.05) is 31.3 Å². The average molecular weight is 314 g/mol. The fourth-order valence-corrected chi connectivity index (χ4v) is 2.20. The van der Waals surface area contributed by atoms with Crippen molar-refractivity contribution in [3.8, 4) is 5.75 Å². The number of benzene rings is 1. The number of non-ortho nitro benzene ring substituents is 1. The highest BCUT2D eigenvalue weighted by Gasteiger charge is 2.07. The molecule has 2 N–H and O–H groups in total. The largest absolute Gasteiger partial charge is 0.484 e. The number of nitrogens with one attached hydrogen (secondary N) is 1. The van der Waals surface area contributed by atoms with Crippen molar-refractivity contribution in [1.82, 2.24) is 5.32 Å². The number of hydrogen-bond donors (Lipinski definition) is 2.